The van der Waals surface area contributed by atoms with E-state index in [1.807, 2.05) is 0 Å². The van der Waals surface area contributed by atoms with E-state index >= 15 is 0 Å². The van der Waals surface area contributed by atoms with Crippen molar-refractivity contribution in [2.75, 3.05) is 0 Å². The van der Waals surface area contributed by atoms with Crippen LogP contribution in [0, 0.1) is 0 Å². The molecule has 10 heavy (non-hydrogen) atoms. The van der Waals surface area contributed by atoms with Crippen LogP contribution >= 0.6 is 22.9 Å². The predicted octanol–water partition coefficient (Wildman–Crippen LogP) is 1.63. The predicted molar refractivity (Wildman–Crippen MR) is 38.9 cm³/mol. The van der Waals surface area contributed by atoms with Crippen LogP contribution in [0.1, 0.15) is 4.88 Å². The number of carbonyl (C=O) groups excluding carboxylic acids is 1. The summed E-state index contributed by atoms with van der Waals surface area (Å²) in [5.74, 6) is 0. The van der Waals surface area contributed by atoms with Gasteiger partial charge in [0, 0.05) is 11.1 Å². The number of aromatic nitrogens is 1. The van der Waals surface area contributed by atoms with Gasteiger partial charge < -0.3 is 0 Å². The SMILES string of the molecule is O=C=NCc1cnc(Cl)s1. The minimum absolute atomic E-state index is 0.327. The molecule has 0 N–H and O–H groups in total. The summed E-state index contributed by atoms with van der Waals surface area (Å²) in [5, 5.41) is 0. The van der Waals surface area contributed by atoms with E-state index in [0.29, 0.717) is 11.0 Å². The lowest BCUT2D eigenvalue weighted by Gasteiger charge is -1.78. The highest BCUT2D eigenvalue weighted by molar-refractivity contribution is 7.15. The molecule has 0 aliphatic heterocycles. The van der Waals surface area contributed by atoms with Crippen LogP contribution in [0.2, 0.25) is 4.47 Å². The van der Waals surface area contributed by atoms with Gasteiger partial charge in [0.2, 0.25) is 6.08 Å². The van der Waals surface area contributed by atoms with E-state index in [0.717, 1.165) is 4.88 Å². The van der Waals surface area contributed by atoms with Gasteiger partial charge in [-0.25, -0.2) is 14.8 Å². The Morgan fingerprint density at radius 1 is 1.90 bits per heavy atom. The number of rotatable bonds is 2. The fraction of sp³-hybridized carbons (Fsp3) is 0.200. The Morgan fingerprint density at radius 3 is 3.20 bits per heavy atom. The third kappa shape index (κ3) is 1.92. The quantitative estimate of drug-likeness (QED) is 0.505. The van der Waals surface area contributed by atoms with Crippen molar-refractivity contribution in [2.45, 2.75) is 6.54 Å². The second-order valence-electron chi connectivity index (χ2n) is 1.49. The van der Waals surface area contributed by atoms with Gasteiger partial charge in [0.1, 0.15) is 0 Å². The third-order valence-corrected chi connectivity index (χ3v) is 1.92. The molecule has 0 radical (unpaired) electrons. The summed E-state index contributed by atoms with van der Waals surface area (Å²) in [6, 6.07) is 0. The van der Waals surface area contributed by atoms with Crippen LogP contribution < -0.4 is 0 Å². The number of isocyanates is 1. The van der Waals surface area contributed by atoms with Crippen molar-refractivity contribution in [3.05, 3.63) is 15.5 Å². The number of thiazole rings is 1. The molecular formula is C5H3ClN2OS. The molecular weight excluding hydrogens is 172 g/mol. The number of nitrogens with zero attached hydrogens (tertiary/aromatic N) is 2. The van der Waals surface area contributed by atoms with Crippen molar-refractivity contribution in [3.63, 3.8) is 0 Å². The maximum atomic E-state index is 9.64. The monoisotopic (exact) mass is 174 g/mol. The highest BCUT2D eigenvalue weighted by Gasteiger charge is 1.95. The second-order valence-corrected chi connectivity index (χ2v) is 3.18. The van der Waals surface area contributed by atoms with Crippen molar-refractivity contribution in [1.82, 2.24) is 4.98 Å². The molecule has 1 heterocycles. The zero-order valence-electron chi connectivity index (χ0n) is 4.87. The van der Waals surface area contributed by atoms with Crippen LogP contribution in [0.5, 0.6) is 0 Å². The fourth-order valence-electron chi connectivity index (χ4n) is 0.467. The molecule has 0 fully saturated rings. The molecule has 1 rings (SSSR count). The van der Waals surface area contributed by atoms with Gasteiger partial charge >= 0.3 is 0 Å². The highest BCUT2D eigenvalue weighted by atomic mass is 35.5. The molecule has 0 aliphatic carbocycles. The topological polar surface area (TPSA) is 42.3 Å². The van der Waals surface area contributed by atoms with Crippen LogP contribution in [-0.4, -0.2) is 11.1 Å². The van der Waals surface area contributed by atoms with Gasteiger partial charge in [-0.05, 0) is 0 Å². The minimum atomic E-state index is 0.327. The Labute approximate surface area is 66.4 Å². The number of hydrogen-bond donors (Lipinski definition) is 0. The van der Waals surface area contributed by atoms with Gasteiger partial charge in [-0.2, -0.15) is 0 Å². The Kier molecular flexibility index (Phi) is 2.57. The first-order valence-corrected chi connectivity index (χ1v) is 3.66. The average molecular weight is 175 g/mol. The van der Waals surface area contributed by atoms with Crippen LogP contribution in [0.4, 0.5) is 0 Å². The molecule has 1 aromatic rings. The van der Waals surface area contributed by atoms with Gasteiger partial charge in [0.05, 0.1) is 6.54 Å². The van der Waals surface area contributed by atoms with Gasteiger partial charge in [0.15, 0.2) is 4.47 Å². The molecule has 0 saturated carbocycles. The molecule has 0 saturated heterocycles. The van der Waals surface area contributed by atoms with Crippen LogP contribution in [0.25, 0.3) is 0 Å². The summed E-state index contributed by atoms with van der Waals surface area (Å²) in [7, 11) is 0. The van der Waals surface area contributed by atoms with E-state index in [1.54, 1.807) is 6.20 Å². The third-order valence-electron chi connectivity index (χ3n) is 0.825. The molecule has 0 aliphatic rings. The molecule has 0 amide bonds. The lowest BCUT2D eigenvalue weighted by atomic mass is 10.6. The summed E-state index contributed by atoms with van der Waals surface area (Å²) >= 11 is 6.82. The van der Waals surface area contributed by atoms with E-state index in [9.17, 15) is 4.79 Å². The molecule has 0 spiro atoms. The Hall–Kier alpha value is -0.700. The van der Waals surface area contributed by atoms with Gasteiger partial charge in [-0.15, -0.1) is 11.3 Å². The first-order chi connectivity index (χ1) is 4.83. The van der Waals surface area contributed by atoms with Crippen molar-refractivity contribution in [3.8, 4) is 0 Å². The van der Waals surface area contributed by atoms with Crippen molar-refractivity contribution in [1.29, 1.82) is 0 Å². The molecule has 0 unspecified atom stereocenters. The lowest BCUT2D eigenvalue weighted by molar-refractivity contribution is 0.563. The van der Waals surface area contributed by atoms with Crippen LogP contribution in [-0.2, 0) is 11.3 Å². The normalized spacial score (nSPS) is 8.90. The van der Waals surface area contributed by atoms with Crippen molar-refractivity contribution in [2.24, 2.45) is 4.99 Å². The summed E-state index contributed by atoms with van der Waals surface area (Å²) < 4.78 is 0.469. The molecule has 0 aromatic carbocycles. The number of hydrogen-bond acceptors (Lipinski definition) is 4. The van der Waals surface area contributed by atoms with Crippen LogP contribution in [0.3, 0.4) is 0 Å². The largest absolute Gasteiger partial charge is 0.235 e. The minimum Gasteiger partial charge on any atom is -0.233 e. The first-order valence-electron chi connectivity index (χ1n) is 2.47. The highest BCUT2D eigenvalue weighted by Crippen LogP contribution is 2.17. The zero-order chi connectivity index (χ0) is 7.40. The summed E-state index contributed by atoms with van der Waals surface area (Å²) in [4.78, 5) is 17.6. The summed E-state index contributed by atoms with van der Waals surface area (Å²) in [6.45, 7) is 0.327. The van der Waals surface area contributed by atoms with E-state index in [1.165, 1.54) is 17.4 Å². The van der Waals surface area contributed by atoms with Gasteiger partial charge in [-0.3, -0.25) is 0 Å². The van der Waals surface area contributed by atoms with E-state index < -0.39 is 0 Å². The molecule has 1 aromatic heterocycles. The molecule has 5 heteroatoms. The molecule has 52 valence electrons. The summed E-state index contributed by atoms with van der Waals surface area (Å²) in [5.41, 5.74) is 0. The maximum absolute atomic E-state index is 9.64. The molecule has 0 atom stereocenters. The second kappa shape index (κ2) is 3.46. The van der Waals surface area contributed by atoms with Gasteiger partial charge in [-0.1, -0.05) is 11.6 Å². The lowest BCUT2D eigenvalue weighted by Crippen LogP contribution is -1.70. The Bertz CT molecular complexity index is 266. The van der Waals surface area contributed by atoms with E-state index in [2.05, 4.69) is 9.98 Å². The van der Waals surface area contributed by atoms with Crippen molar-refractivity contribution < 1.29 is 4.79 Å². The number of aliphatic imine (C=N–C) groups is 1. The average Bonchev–Trinajstić information content (AvgIpc) is 2.31. The standard InChI is InChI=1S/C5H3ClN2OS/c6-5-8-2-4(10-5)1-7-3-9/h2H,1H2. The maximum Gasteiger partial charge on any atom is 0.235 e. The number of halogens is 1. The van der Waals surface area contributed by atoms with Crippen molar-refractivity contribution >= 4 is 29.0 Å². The molecule has 3 nitrogen and oxygen atoms in total. The fourth-order valence-corrected chi connectivity index (χ4v) is 1.37. The smallest absolute Gasteiger partial charge is 0.233 e. The Morgan fingerprint density at radius 2 is 2.70 bits per heavy atom. The Balaban J connectivity index is 2.66. The molecule has 0 bridgehead atoms. The zero-order valence-corrected chi connectivity index (χ0v) is 6.45. The van der Waals surface area contributed by atoms with Gasteiger partial charge in [0.25, 0.3) is 0 Å². The van der Waals surface area contributed by atoms with Crippen LogP contribution in [0.15, 0.2) is 11.2 Å². The first kappa shape index (κ1) is 7.41. The van der Waals surface area contributed by atoms with E-state index in [4.69, 9.17) is 11.6 Å². The van der Waals surface area contributed by atoms with E-state index in [-0.39, 0.29) is 0 Å². The summed E-state index contributed by atoms with van der Waals surface area (Å²) in [6.07, 6.45) is 3.03.